The van der Waals surface area contributed by atoms with Crippen LogP contribution in [0.2, 0.25) is 0 Å². The first kappa shape index (κ1) is 19.2. The Bertz CT molecular complexity index is 285. The minimum Gasteiger partial charge on any atom is -0.444 e. The SMILES string of the molecule is COC(C)(C)CCNCCCN(C)C(=O)OC(C)(C)C. The second kappa shape index (κ2) is 8.47. The summed E-state index contributed by atoms with van der Waals surface area (Å²) in [4.78, 5) is 13.3. The number of hydrogen-bond donors (Lipinski definition) is 1. The van der Waals surface area contributed by atoms with Crippen LogP contribution in [0.25, 0.3) is 0 Å². The van der Waals surface area contributed by atoms with Gasteiger partial charge in [0.05, 0.1) is 5.60 Å². The summed E-state index contributed by atoms with van der Waals surface area (Å²) in [6.45, 7) is 12.3. The second-order valence-corrected chi connectivity index (χ2v) is 6.72. The largest absolute Gasteiger partial charge is 0.444 e. The second-order valence-electron chi connectivity index (χ2n) is 6.72. The molecule has 0 saturated carbocycles. The lowest BCUT2D eigenvalue weighted by Crippen LogP contribution is -2.36. The molecular formula is C15H32N2O3. The number of carbonyl (C=O) groups is 1. The van der Waals surface area contributed by atoms with Crippen molar-refractivity contribution in [2.24, 2.45) is 0 Å². The number of carbonyl (C=O) groups excluding carboxylic acids is 1. The minimum atomic E-state index is -0.435. The molecule has 0 fully saturated rings. The Morgan fingerprint density at radius 2 is 1.75 bits per heavy atom. The van der Waals surface area contributed by atoms with E-state index in [2.05, 4.69) is 19.2 Å². The summed E-state index contributed by atoms with van der Waals surface area (Å²) >= 11 is 0. The summed E-state index contributed by atoms with van der Waals surface area (Å²) in [5.74, 6) is 0. The van der Waals surface area contributed by atoms with Crippen LogP contribution < -0.4 is 5.32 Å². The lowest BCUT2D eigenvalue weighted by molar-refractivity contribution is 0.0159. The summed E-state index contributed by atoms with van der Waals surface area (Å²) < 4.78 is 10.6. The van der Waals surface area contributed by atoms with Gasteiger partial charge in [0.2, 0.25) is 0 Å². The third-order valence-electron chi connectivity index (χ3n) is 3.01. The fraction of sp³-hybridized carbons (Fsp3) is 0.933. The molecule has 0 atom stereocenters. The maximum absolute atomic E-state index is 11.7. The molecule has 5 nitrogen and oxygen atoms in total. The molecule has 0 unspecified atom stereocenters. The molecule has 0 heterocycles. The van der Waals surface area contributed by atoms with Crippen LogP contribution in [-0.2, 0) is 9.47 Å². The molecule has 0 aromatic heterocycles. The summed E-state index contributed by atoms with van der Waals surface area (Å²) in [5.41, 5.74) is -0.518. The van der Waals surface area contributed by atoms with Gasteiger partial charge >= 0.3 is 6.09 Å². The topological polar surface area (TPSA) is 50.8 Å². The van der Waals surface area contributed by atoms with E-state index < -0.39 is 5.60 Å². The van der Waals surface area contributed by atoms with Crippen molar-refractivity contribution in [2.75, 3.05) is 33.8 Å². The highest BCUT2D eigenvalue weighted by Crippen LogP contribution is 2.11. The van der Waals surface area contributed by atoms with Crippen LogP contribution in [0.3, 0.4) is 0 Å². The molecule has 0 aromatic rings. The lowest BCUT2D eigenvalue weighted by Gasteiger charge is -2.25. The summed E-state index contributed by atoms with van der Waals surface area (Å²) in [7, 11) is 3.50. The van der Waals surface area contributed by atoms with E-state index in [-0.39, 0.29) is 11.7 Å². The van der Waals surface area contributed by atoms with Crippen LogP contribution in [0.5, 0.6) is 0 Å². The molecule has 20 heavy (non-hydrogen) atoms. The molecule has 0 saturated heterocycles. The quantitative estimate of drug-likeness (QED) is 0.698. The van der Waals surface area contributed by atoms with Crippen LogP contribution in [0.1, 0.15) is 47.5 Å². The molecular weight excluding hydrogens is 256 g/mol. The molecule has 1 N–H and O–H groups in total. The average Bonchev–Trinajstić information content (AvgIpc) is 2.31. The van der Waals surface area contributed by atoms with E-state index in [1.165, 1.54) is 0 Å². The van der Waals surface area contributed by atoms with Crippen LogP contribution in [0.4, 0.5) is 4.79 Å². The number of rotatable bonds is 8. The summed E-state index contributed by atoms with van der Waals surface area (Å²) in [5, 5.41) is 3.36. The predicted molar refractivity (Wildman–Crippen MR) is 82.1 cm³/mol. The molecule has 0 aliphatic rings. The smallest absolute Gasteiger partial charge is 0.410 e. The van der Waals surface area contributed by atoms with Gasteiger partial charge in [-0.3, -0.25) is 0 Å². The molecule has 0 bridgehead atoms. The van der Waals surface area contributed by atoms with Gasteiger partial charge in [0.25, 0.3) is 0 Å². The van der Waals surface area contributed by atoms with Crippen LogP contribution in [-0.4, -0.2) is 56.0 Å². The Kier molecular flexibility index (Phi) is 8.13. The fourth-order valence-corrected chi connectivity index (χ4v) is 1.49. The lowest BCUT2D eigenvalue weighted by atomic mass is 10.1. The Morgan fingerprint density at radius 3 is 2.25 bits per heavy atom. The number of nitrogens with zero attached hydrogens (tertiary/aromatic N) is 1. The molecule has 0 aromatic carbocycles. The number of methoxy groups -OCH3 is 1. The van der Waals surface area contributed by atoms with Crippen LogP contribution in [0.15, 0.2) is 0 Å². The van der Waals surface area contributed by atoms with Crippen molar-refractivity contribution in [3.8, 4) is 0 Å². The van der Waals surface area contributed by atoms with E-state index in [1.807, 2.05) is 20.8 Å². The fourth-order valence-electron chi connectivity index (χ4n) is 1.49. The Balaban J connectivity index is 3.67. The van der Waals surface area contributed by atoms with Gasteiger partial charge in [-0.2, -0.15) is 0 Å². The number of nitrogens with one attached hydrogen (secondary N) is 1. The van der Waals surface area contributed by atoms with Crippen molar-refractivity contribution in [1.29, 1.82) is 0 Å². The number of amides is 1. The molecule has 0 aliphatic carbocycles. The third-order valence-corrected chi connectivity index (χ3v) is 3.01. The average molecular weight is 288 g/mol. The van der Waals surface area contributed by atoms with E-state index in [1.54, 1.807) is 19.1 Å². The summed E-state index contributed by atoms with van der Waals surface area (Å²) in [6, 6.07) is 0. The Morgan fingerprint density at radius 1 is 1.15 bits per heavy atom. The minimum absolute atomic E-state index is 0.0830. The van der Waals surface area contributed by atoms with Gasteiger partial charge in [-0.1, -0.05) is 0 Å². The van der Waals surface area contributed by atoms with Gasteiger partial charge in [0.1, 0.15) is 5.60 Å². The van der Waals surface area contributed by atoms with Gasteiger partial charge in [-0.05, 0) is 60.5 Å². The van der Waals surface area contributed by atoms with Gasteiger partial charge in [-0.15, -0.1) is 0 Å². The predicted octanol–water partition coefficient (Wildman–Crippen LogP) is 2.65. The first-order valence-corrected chi connectivity index (χ1v) is 7.27. The molecule has 120 valence electrons. The highest BCUT2D eigenvalue weighted by Gasteiger charge is 2.19. The first-order valence-electron chi connectivity index (χ1n) is 7.27. The maximum Gasteiger partial charge on any atom is 0.410 e. The van der Waals surface area contributed by atoms with Crippen molar-refractivity contribution in [3.63, 3.8) is 0 Å². The van der Waals surface area contributed by atoms with Crippen molar-refractivity contribution < 1.29 is 14.3 Å². The highest BCUT2D eigenvalue weighted by molar-refractivity contribution is 5.67. The summed E-state index contributed by atoms with van der Waals surface area (Å²) in [6.07, 6.45) is 1.60. The van der Waals surface area contributed by atoms with Gasteiger partial charge in [-0.25, -0.2) is 4.79 Å². The number of ether oxygens (including phenoxy) is 2. The Hall–Kier alpha value is -0.810. The molecule has 1 amide bonds. The van der Waals surface area contributed by atoms with Crippen molar-refractivity contribution >= 4 is 6.09 Å². The zero-order valence-corrected chi connectivity index (χ0v) is 14.2. The molecule has 0 spiro atoms. The van der Waals surface area contributed by atoms with Gasteiger partial charge in [0.15, 0.2) is 0 Å². The van der Waals surface area contributed by atoms with E-state index >= 15 is 0 Å². The molecule has 5 heteroatoms. The number of hydrogen-bond acceptors (Lipinski definition) is 4. The normalized spacial score (nSPS) is 12.3. The first-order chi connectivity index (χ1) is 9.07. The van der Waals surface area contributed by atoms with E-state index in [0.29, 0.717) is 6.54 Å². The van der Waals surface area contributed by atoms with Crippen LogP contribution >= 0.6 is 0 Å². The molecule has 0 rings (SSSR count). The Labute approximate surface area is 124 Å². The monoisotopic (exact) mass is 288 g/mol. The van der Waals surface area contributed by atoms with E-state index in [9.17, 15) is 4.79 Å². The third kappa shape index (κ3) is 10.0. The van der Waals surface area contributed by atoms with Crippen molar-refractivity contribution in [3.05, 3.63) is 0 Å². The zero-order valence-electron chi connectivity index (χ0n) is 14.2. The standard InChI is InChI=1S/C15H32N2O3/c1-14(2,3)20-13(18)17(6)12-8-10-16-11-9-15(4,5)19-7/h16H,8-12H2,1-7H3. The van der Waals surface area contributed by atoms with Gasteiger partial charge < -0.3 is 19.7 Å². The molecule has 0 aliphatic heterocycles. The van der Waals surface area contributed by atoms with Gasteiger partial charge in [0, 0.05) is 20.7 Å². The van der Waals surface area contributed by atoms with Crippen molar-refractivity contribution in [1.82, 2.24) is 10.2 Å². The zero-order chi connectivity index (χ0) is 15.8. The van der Waals surface area contributed by atoms with E-state index in [4.69, 9.17) is 9.47 Å². The van der Waals surface area contributed by atoms with E-state index in [0.717, 1.165) is 25.9 Å². The van der Waals surface area contributed by atoms with Crippen LogP contribution in [0, 0.1) is 0 Å². The van der Waals surface area contributed by atoms with Crippen molar-refractivity contribution in [2.45, 2.75) is 58.7 Å². The maximum atomic E-state index is 11.7. The highest BCUT2D eigenvalue weighted by atomic mass is 16.6. The molecule has 0 radical (unpaired) electrons.